The van der Waals surface area contributed by atoms with E-state index in [0.29, 0.717) is 25.8 Å². The Morgan fingerprint density at radius 1 is 1.14 bits per heavy atom. The summed E-state index contributed by atoms with van der Waals surface area (Å²) in [7, 11) is 3.32. The van der Waals surface area contributed by atoms with Crippen LogP contribution in [0.5, 0.6) is 0 Å². The van der Waals surface area contributed by atoms with Gasteiger partial charge < -0.3 is 25.4 Å². The molecule has 1 amide bonds. The Bertz CT molecular complexity index is 314. The number of carbonyl (C=O) groups is 1. The van der Waals surface area contributed by atoms with Crippen molar-refractivity contribution in [1.29, 1.82) is 0 Å². The first kappa shape index (κ1) is 19.7. The molecule has 0 fully saturated rings. The zero-order valence-corrected chi connectivity index (χ0v) is 13.9. The fourth-order valence-electron chi connectivity index (χ4n) is 1.47. The topological polar surface area (TPSA) is 84.0 Å². The Morgan fingerprint density at radius 3 is 2.43 bits per heavy atom. The van der Waals surface area contributed by atoms with E-state index in [1.807, 2.05) is 20.8 Å². The lowest BCUT2D eigenvalue weighted by Gasteiger charge is -2.21. The van der Waals surface area contributed by atoms with Crippen molar-refractivity contribution in [1.82, 2.24) is 16.0 Å². The number of amides is 1. The second kappa shape index (κ2) is 11.3. The monoisotopic (exact) mass is 302 g/mol. The molecule has 0 rings (SSSR count). The first-order valence-electron chi connectivity index (χ1n) is 7.21. The maximum absolute atomic E-state index is 11.7. The minimum absolute atomic E-state index is 0.0617. The molecule has 0 aliphatic heterocycles. The summed E-state index contributed by atoms with van der Waals surface area (Å²) >= 11 is 0. The fourth-order valence-corrected chi connectivity index (χ4v) is 1.47. The minimum atomic E-state index is -0.227. The Hall–Kier alpha value is -1.34. The van der Waals surface area contributed by atoms with Crippen LogP contribution in [-0.2, 0) is 14.3 Å². The Labute approximate surface area is 127 Å². The van der Waals surface area contributed by atoms with Crippen molar-refractivity contribution in [3.8, 4) is 0 Å². The zero-order chi connectivity index (χ0) is 16.1. The van der Waals surface area contributed by atoms with Gasteiger partial charge in [0.1, 0.15) is 0 Å². The third-order valence-electron chi connectivity index (χ3n) is 2.34. The van der Waals surface area contributed by atoms with E-state index in [-0.39, 0.29) is 18.0 Å². The molecular weight excluding hydrogens is 272 g/mol. The highest BCUT2D eigenvalue weighted by Gasteiger charge is 2.13. The fraction of sp³-hybridized carbons (Fsp3) is 0.857. The standard InChI is InChI=1S/C14H30N4O3/c1-14(2,3)18-12(19)11-17-13(15-4)16-7-6-8-21-10-9-20-5/h6-11H2,1-5H3,(H,18,19)(H2,15,16,17). The summed E-state index contributed by atoms with van der Waals surface area (Å²) in [5.74, 6) is 0.546. The van der Waals surface area contributed by atoms with Crippen LogP contribution in [0.1, 0.15) is 27.2 Å². The number of nitrogens with zero attached hydrogens (tertiary/aromatic N) is 1. The largest absolute Gasteiger partial charge is 0.382 e. The molecule has 0 heterocycles. The van der Waals surface area contributed by atoms with Gasteiger partial charge >= 0.3 is 0 Å². The van der Waals surface area contributed by atoms with Crippen molar-refractivity contribution in [2.24, 2.45) is 4.99 Å². The molecule has 0 spiro atoms. The van der Waals surface area contributed by atoms with Crippen LogP contribution in [-0.4, -0.2) is 64.5 Å². The maximum Gasteiger partial charge on any atom is 0.239 e. The molecular formula is C14H30N4O3. The van der Waals surface area contributed by atoms with Crippen LogP contribution in [0.15, 0.2) is 4.99 Å². The van der Waals surface area contributed by atoms with E-state index in [9.17, 15) is 4.79 Å². The third-order valence-corrected chi connectivity index (χ3v) is 2.34. The molecule has 0 atom stereocenters. The highest BCUT2D eigenvalue weighted by Crippen LogP contribution is 1.97. The van der Waals surface area contributed by atoms with E-state index in [1.54, 1.807) is 14.2 Å². The van der Waals surface area contributed by atoms with Crippen molar-refractivity contribution in [3.63, 3.8) is 0 Å². The number of ether oxygens (including phenoxy) is 2. The molecule has 0 aliphatic carbocycles. The summed E-state index contributed by atoms with van der Waals surface area (Å²) < 4.78 is 10.2. The van der Waals surface area contributed by atoms with Crippen molar-refractivity contribution in [2.75, 3.05) is 47.1 Å². The molecule has 0 saturated carbocycles. The molecule has 3 N–H and O–H groups in total. The molecule has 21 heavy (non-hydrogen) atoms. The third kappa shape index (κ3) is 13.4. The van der Waals surface area contributed by atoms with E-state index in [0.717, 1.165) is 13.0 Å². The Morgan fingerprint density at radius 2 is 1.86 bits per heavy atom. The van der Waals surface area contributed by atoms with Crippen molar-refractivity contribution < 1.29 is 14.3 Å². The summed E-state index contributed by atoms with van der Waals surface area (Å²) in [5.41, 5.74) is -0.227. The van der Waals surface area contributed by atoms with E-state index < -0.39 is 0 Å². The number of rotatable bonds is 9. The second-order valence-electron chi connectivity index (χ2n) is 5.61. The summed E-state index contributed by atoms with van der Waals surface area (Å²) in [4.78, 5) is 15.7. The van der Waals surface area contributed by atoms with Crippen LogP contribution in [0.4, 0.5) is 0 Å². The summed E-state index contributed by atoms with van der Waals surface area (Å²) in [5, 5.41) is 8.97. The van der Waals surface area contributed by atoms with E-state index in [2.05, 4.69) is 20.9 Å². The van der Waals surface area contributed by atoms with Gasteiger partial charge in [0, 0.05) is 32.8 Å². The number of methoxy groups -OCH3 is 1. The molecule has 0 unspecified atom stereocenters. The average molecular weight is 302 g/mol. The van der Waals surface area contributed by atoms with Gasteiger partial charge in [-0.2, -0.15) is 0 Å². The Balaban J connectivity index is 3.70. The number of hydrogen-bond donors (Lipinski definition) is 3. The smallest absolute Gasteiger partial charge is 0.239 e. The molecule has 0 aromatic carbocycles. The lowest BCUT2D eigenvalue weighted by atomic mass is 10.1. The maximum atomic E-state index is 11.7. The van der Waals surface area contributed by atoms with Gasteiger partial charge in [0.15, 0.2) is 5.96 Å². The molecule has 0 aromatic heterocycles. The predicted molar refractivity (Wildman–Crippen MR) is 84.6 cm³/mol. The van der Waals surface area contributed by atoms with Crippen LogP contribution < -0.4 is 16.0 Å². The van der Waals surface area contributed by atoms with Crippen molar-refractivity contribution >= 4 is 11.9 Å². The van der Waals surface area contributed by atoms with Gasteiger partial charge in [-0.3, -0.25) is 9.79 Å². The van der Waals surface area contributed by atoms with Gasteiger partial charge in [-0.05, 0) is 27.2 Å². The second-order valence-corrected chi connectivity index (χ2v) is 5.61. The summed E-state index contributed by atoms with van der Waals surface area (Å²) in [6, 6.07) is 0. The first-order valence-corrected chi connectivity index (χ1v) is 7.21. The summed E-state index contributed by atoms with van der Waals surface area (Å²) in [6.07, 6.45) is 0.860. The molecule has 0 radical (unpaired) electrons. The summed E-state index contributed by atoms with van der Waals surface area (Å²) in [6.45, 7) is 8.65. The van der Waals surface area contributed by atoms with Gasteiger partial charge in [-0.25, -0.2) is 0 Å². The molecule has 0 saturated heterocycles. The molecule has 0 aromatic rings. The number of carbonyl (C=O) groups excluding carboxylic acids is 1. The quantitative estimate of drug-likeness (QED) is 0.320. The van der Waals surface area contributed by atoms with Crippen LogP contribution >= 0.6 is 0 Å². The lowest BCUT2D eigenvalue weighted by molar-refractivity contribution is -0.121. The average Bonchev–Trinajstić information content (AvgIpc) is 2.39. The normalized spacial score (nSPS) is 12.1. The van der Waals surface area contributed by atoms with Crippen LogP contribution in [0, 0.1) is 0 Å². The van der Waals surface area contributed by atoms with Crippen LogP contribution in [0.25, 0.3) is 0 Å². The van der Waals surface area contributed by atoms with Gasteiger partial charge in [0.25, 0.3) is 0 Å². The molecule has 7 nitrogen and oxygen atoms in total. The van der Waals surface area contributed by atoms with Crippen molar-refractivity contribution in [3.05, 3.63) is 0 Å². The van der Waals surface area contributed by atoms with Gasteiger partial charge in [-0.15, -0.1) is 0 Å². The molecule has 0 bridgehead atoms. The van der Waals surface area contributed by atoms with Crippen LogP contribution in [0.3, 0.4) is 0 Å². The highest BCUT2D eigenvalue weighted by molar-refractivity contribution is 5.86. The molecule has 124 valence electrons. The van der Waals surface area contributed by atoms with E-state index >= 15 is 0 Å². The first-order chi connectivity index (χ1) is 9.89. The Kier molecular flexibility index (Phi) is 10.6. The number of hydrogen-bond acceptors (Lipinski definition) is 4. The predicted octanol–water partition coefficient (Wildman–Crippen LogP) is 0.119. The minimum Gasteiger partial charge on any atom is -0.382 e. The zero-order valence-electron chi connectivity index (χ0n) is 13.9. The number of aliphatic imine (C=N–C) groups is 1. The van der Waals surface area contributed by atoms with Gasteiger partial charge in [-0.1, -0.05) is 0 Å². The number of guanidine groups is 1. The highest BCUT2D eigenvalue weighted by atomic mass is 16.5. The van der Waals surface area contributed by atoms with Gasteiger partial charge in [0.05, 0.1) is 19.8 Å². The molecule has 0 aliphatic rings. The number of nitrogens with one attached hydrogen (secondary N) is 3. The van der Waals surface area contributed by atoms with E-state index in [1.165, 1.54) is 0 Å². The van der Waals surface area contributed by atoms with Crippen LogP contribution in [0.2, 0.25) is 0 Å². The van der Waals surface area contributed by atoms with E-state index in [4.69, 9.17) is 9.47 Å². The van der Waals surface area contributed by atoms with Gasteiger partial charge in [0.2, 0.25) is 5.91 Å². The SMILES string of the molecule is CN=C(NCCCOCCOC)NCC(=O)NC(C)(C)C. The lowest BCUT2D eigenvalue weighted by Crippen LogP contribution is -2.48. The molecule has 7 heteroatoms. The van der Waals surface area contributed by atoms with Crippen molar-refractivity contribution in [2.45, 2.75) is 32.7 Å².